The lowest BCUT2D eigenvalue weighted by Gasteiger charge is -2.37. The van der Waals surface area contributed by atoms with E-state index in [-0.39, 0.29) is 11.2 Å². The Hall–Kier alpha value is -3.41. The first-order chi connectivity index (χ1) is 16.2. The number of halogens is 1. The van der Waals surface area contributed by atoms with Crippen LogP contribution in [0, 0.1) is 19.7 Å². The van der Waals surface area contributed by atoms with Gasteiger partial charge in [0.1, 0.15) is 11.6 Å². The Morgan fingerprint density at radius 2 is 1.44 bits per heavy atom. The Bertz CT molecular complexity index is 1310. The molecule has 0 aliphatic carbocycles. The van der Waals surface area contributed by atoms with Gasteiger partial charge in [-0.2, -0.15) is 9.61 Å². The maximum absolute atomic E-state index is 13.6. The van der Waals surface area contributed by atoms with Crippen LogP contribution in [0.2, 0.25) is 0 Å². The first-order valence-electron chi connectivity index (χ1n) is 11.9. The van der Waals surface area contributed by atoms with Gasteiger partial charge in [-0.05, 0) is 43.7 Å². The van der Waals surface area contributed by atoms with Crippen molar-refractivity contribution in [3.8, 4) is 11.1 Å². The molecule has 176 valence electrons. The van der Waals surface area contributed by atoms with E-state index in [1.54, 1.807) is 0 Å². The molecule has 34 heavy (non-hydrogen) atoms. The van der Waals surface area contributed by atoms with E-state index in [4.69, 9.17) is 10.1 Å². The number of nitrogens with zero attached hydrogens (tertiary/aromatic N) is 5. The van der Waals surface area contributed by atoms with E-state index in [2.05, 4.69) is 67.8 Å². The molecule has 0 N–H and O–H groups in total. The van der Waals surface area contributed by atoms with Gasteiger partial charge in [0.05, 0.1) is 11.4 Å². The molecule has 0 atom stereocenters. The molecule has 1 aliphatic heterocycles. The minimum Gasteiger partial charge on any atom is -0.368 e. The predicted molar refractivity (Wildman–Crippen MR) is 137 cm³/mol. The van der Waals surface area contributed by atoms with Crippen LogP contribution < -0.4 is 9.80 Å². The predicted octanol–water partition coefficient (Wildman–Crippen LogP) is 5.78. The third-order valence-electron chi connectivity index (χ3n) is 6.65. The fourth-order valence-electron chi connectivity index (χ4n) is 4.62. The zero-order chi connectivity index (χ0) is 24.0. The summed E-state index contributed by atoms with van der Waals surface area (Å²) in [5, 5.41) is 4.90. The molecule has 5 rings (SSSR count). The molecule has 0 spiro atoms. The summed E-state index contributed by atoms with van der Waals surface area (Å²) in [6.45, 7) is 14.4. The summed E-state index contributed by atoms with van der Waals surface area (Å²) in [5.74, 6) is 0.822. The van der Waals surface area contributed by atoms with Gasteiger partial charge >= 0.3 is 0 Å². The lowest BCUT2D eigenvalue weighted by molar-refractivity contribution is 0.565. The first-order valence-corrected chi connectivity index (χ1v) is 11.9. The van der Waals surface area contributed by atoms with Gasteiger partial charge in [0, 0.05) is 48.9 Å². The van der Waals surface area contributed by atoms with E-state index in [1.165, 1.54) is 23.4 Å². The monoisotopic (exact) mass is 457 g/mol. The molecule has 0 amide bonds. The molecule has 0 bridgehead atoms. The minimum absolute atomic E-state index is 0.113. The van der Waals surface area contributed by atoms with Crippen molar-refractivity contribution in [1.29, 1.82) is 0 Å². The molecule has 0 unspecified atom stereocenters. The van der Waals surface area contributed by atoms with Crippen molar-refractivity contribution in [2.75, 3.05) is 36.0 Å². The van der Waals surface area contributed by atoms with Crippen LogP contribution in [0.4, 0.5) is 15.9 Å². The molecule has 0 radical (unpaired) electrons. The number of aromatic nitrogens is 3. The van der Waals surface area contributed by atoms with Crippen molar-refractivity contribution < 1.29 is 4.39 Å². The lowest BCUT2D eigenvalue weighted by Crippen LogP contribution is -2.47. The van der Waals surface area contributed by atoms with Crippen LogP contribution in [0.25, 0.3) is 16.8 Å². The van der Waals surface area contributed by atoms with Gasteiger partial charge in [0.2, 0.25) is 0 Å². The quantitative estimate of drug-likeness (QED) is 0.391. The lowest BCUT2D eigenvalue weighted by atomic mass is 9.91. The molecule has 2 aromatic carbocycles. The summed E-state index contributed by atoms with van der Waals surface area (Å²) in [6, 6.07) is 17.6. The van der Waals surface area contributed by atoms with Gasteiger partial charge in [0.15, 0.2) is 5.65 Å². The SMILES string of the molecule is Cc1ccc(N2CCN(c3cc(C(C)(C)C)nc4c(-c5ccc(F)cc5)c(C)nn34)CC2)cc1. The van der Waals surface area contributed by atoms with Gasteiger partial charge in [-0.1, -0.05) is 50.6 Å². The van der Waals surface area contributed by atoms with Crippen LogP contribution in [0.3, 0.4) is 0 Å². The number of rotatable bonds is 3. The second-order valence-electron chi connectivity index (χ2n) is 10.3. The smallest absolute Gasteiger partial charge is 0.165 e. The molecule has 3 heterocycles. The number of hydrogen-bond acceptors (Lipinski definition) is 4. The molecule has 4 aromatic rings. The summed E-state index contributed by atoms with van der Waals surface area (Å²) in [5.41, 5.74) is 7.08. The Labute approximate surface area is 200 Å². The van der Waals surface area contributed by atoms with Gasteiger partial charge in [-0.15, -0.1) is 0 Å². The van der Waals surface area contributed by atoms with E-state index in [0.29, 0.717) is 0 Å². The van der Waals surface area contributed by atoms with E-state index >= 15 is 0 Å². The van der Waals surface area contributed by atoms with Crippen LogP contribution in [0.5, 0.6) is 0 Å². The number of fused-ring (bicyclic) bond motifs is 1. The van der Waals surface area contributed by atoms with E-state index in [0.717, 1.165) is 60.2 Å². The first kappa shape index (κ1) is 22.4. The Balaban J connectivity index is 1.55. The maximum atomic E-state index is 13.6. The topological polar surface area (TPSA) is 36.7 Å². The Kier molecular flexibility index (Phi) is 5.54. The average molecular weight is 458 g/mol. The summed E-state index contributed by atoms with van der Waals surface area (Å²) in [6.07, 6.45) is 0. The van der Waals surface area contributed by atoms with Crippen LogP contribution in [-0.2, 0) is 5.41 Å². The van der Waals surface area contributed by atoms with Gasteiger partial charge in [0.25, 0.3) is 0 Å². The zero-order valence-corrected chi connectivity index (χ0v) is 20.6. The molecule has 6 heteroatoms. The standard InChI is InChI=1S/C28H32FN5/c1-19-6-12-23(13-7-19)32-14-16-33(17-15-32)25-18-24(28(3,4)5)30-27-26(20(2)31-34(25)27)21-8-10-22(29)11-9-21/h6-13,18H,14-17H2,1-5H3. The average Bonchev–Trinajstić information content (AvgIpc) is 3.15. The molecular formula is C28H32FN5. The van der Waals surface area contributed by atoms with Crippen molar-refractivity contribution >= 4 is 17.2 Å². The molecule has 0 saturated carbocycles. The third-order valence-corrected chi connectivity index (χ3v) is 6.65. The number of aryl methyl sites for hydroxylation is 2. The third kappa shape index (κ3) is 4.13. The molecule has 5 nitrogen and oxygen atoms in total. The van der Waals surface area contributed by atoms with Gasteiger partial charge in [-0.3, -0.25) is 0 Å². The second kappa shape index (κ2) is 8.42. The number of benzene rings is 2. The summed E-state index contributed by atoms with van der Waals surface area (Å²) in [4.78, 5) is 9.92. The zero-order valence-electron chi connectivity index (χ0n) is 20.6. The van der Waals surface area contributed by atoms with Gasteiger partial charge in [-0.25, -0.2) is 9.37 Å². The Morgan fingerprint density at radius 1 is 0.824 bits per heavy atom. The molecular weight excluding hydrogens is 425 g/mol. The van der Waals surface area contributed by atoms with Gasteiger partial charge < -0.3 is 9.80 Å². The summed E-state index contributed by atoms with van der Waals surface area (Å²) < 4.78 is 15.6. The highest BCUT2D eigenvalue weighted by atomic mass is 19.1. The van der Waals surface area contributed by atoms with Crippen LogP contribution in [0.15, 0.2) is 54.6 Å². The van der Waals surface area contributed by atoms with Crippen molar-refractivity contribution in [3.05, 3.63) is 77.4 Å². The highest BCUT2D eigenvalue weighted by Gasteiger charge is 2.26. The van der Waals surface area contributed by atoms with Crippen molar-refractivity contribution in [2.45, 2.75) is 40.0 Å². The van der Waals surface area contributed by atoms with Crippen LogP contribution >= 0.6 is 0 Å². The van der Waals surface area contributed by atoms with Crippen molar-refractivity contribution in [1.82, 2.24) is 14.6 Å². The highest BCUT2D eigenvalue weighted by Crippen LogP contribution is 2.33. The van der Waals surface area contributed by atoms with Crippen molar-refractivity contribution in [2.24, 2.45) is 0 Å². The summed E-state index contributed by atoms with van der Waals surface area (Å²) in [7, 11) is 0. The Morgan fingerprint density at radius 3 is 2.06 bits per heavy atom. The fraction of sp³-hybridized carbons (Fsp3) is 0.357. The maximum Gasteiger partial charge on any atom is 0.165 e. The normalized spacial score (nSPS) is 14.8. The fourth-order valence-corrected chi connectivity index (χ4v) is 4.62. The summed E-state index contributed by atoms with van der Waals surface area (Å²) >= 11 is 0. The molecule has 1 saturated heterocycles. The molecule has 1 aliphatic rings. The van der Waals surface area contributed by atoms with Crippen LogP contribution in [-0.4, -0.2) is 40.8 Å². The molecule has 1 fully saturated rings. The number of hydrogen-bond donors (Lipinski definition) is 0. The van der Waals surface area contributed by atoms with Crippen LogP contribution in [0.1, 0.15) is 37.7 Å². The van der Waals surface area contributed by atoms with E-state index in [1.807, 2.05) is 23.6 Å². The van der Waals surface area contributed by atoms with E-state index < -0.39 is 0 Å². The largest absolute Gasteiger partial charge is 0.368 e. The number of anilines is 2. The molecule has 2 aromatic heterocycles. The minimum atomic E-state index is -0.242. The van der Waals surface area contributed by atoms with E-state index in [9.17, 15) is 4.39 Å². The second-order valence-corrected chi connectivity index (χ2v) is 10.3. The number of piperazine rings is 1. The van der Waals surface area contributed by atoms with Crippen molar-refractivity contribution in [3.63, 3.8) is 0 Å². The highest BCUT2D eigenvalue weighted by molar-refractivity contribution is 5.81.